The van der Waals surface area contributed by atoms with Crippen molar-refractivity contribution < 1.29 is 14.3 Å². The van der Waals surface area contributed by atoms with Crippen LogP contribution in [0.4, 0.5) is 11.5 Å². The molecule has 4 aliphatic rings. The molecule has 0 bridgehead atoms. The summed E-state index contributed by atoms with van der Waals surface area (Å²) in [5.41, 5.74) is 3.27. The second-order valence-corrected chi connectivity index (χ2v) is 10.3. The number of hydrogen-bond acceptors (Lipinski definition) is 6. The Balaban J connectivity index is 1.52. The summed E-state index contributed by atoms with van der Waals surface area (Å²) in [6.45, 7) is 8.21. The van der Waals surface area contributed by atoms with Gasteiger partial charge in [-0.2, -0.15) is 5.10 Å². The second kappa shape index (κ2) is 7.51. The Morgan fingerprint density at radius 3 is 2.37 bits per heavy atom. The topological polar surface area (TPSA) is 59.8 Å². The standard InChI is InChI=1S/C28H30N4O3/c1-18(2)32-26-24(25(29-32)31-15-7-8-16-31)28(21-10-4-3-9-20(21)27(33)35-28)22-12-11-19(17-23(22)34-26)30-13-5-6-14-30/h3-4,9-12,17-18H,5-8,13-16H2,1-2H3. The van der Waals surface area contributed by atoms with Crippen molar-refractivity contribution in [2.75, 3.05) is 36.0 Å². The van der Waals surface area contributed by atoms with E-state index in [0.29, 0.717) is 11.4 Å². The molecule has 7 rings (SSSR count). The average Bonchev–Trinajstić information content (AvgIpc) is 3.66. The van der Waals surface area contributed by atoms with Crippen molar-refractivity contribution in [3.05, 3.63) is 64.7 Å². The van der Waals surface area contributed by atoms with E-state index in [1.807, 2.05) is 28.9 Å². The van der Waals surface area contributed by atoms with Gasteiger partial charge in [0, 0.05) is 49.1 Å². The number of carbonyl (C=O) groups is 1. The van der Waals surface area contributed by atoms with Crippen LogP contribution in [0, 0.1) is 0 Å². The predicted octanol–water partition coefficient (Wildman–Crippen LogP) is 5.23. The minimum Gasteiger partial charge on any atom is -0.440 e. The number of anilines is 2. The predicted molar refractivity (Wildman–Crippen MR) is 134 cm³/mol. The van der Waals surface area contributed by atoms with Crippen LogP contribution >= 0.6 is 0 Å². The van der Waals surface area contributed by atoms with Gasteiger partial charge in [0.1, 0.15) is 11.3 Å². The number of fused-ring (bicyclic) bond motifs is 6. The molecule has 0 radical (unpaired) electrons. The van der Waals surface area contributed by atoms with Crippen molar-refractivity contribution in [2.24, 2.45) is 0 Å². The highest BCUT2D eigenvalue weighted by molar-refractivity contribution is 5.97. The molecule has 4 aliphatic heterocycles. The van der Waals surface area contributed by atoms with Crippen LogP contribution in [0.5, 0.6) is 11.6 Å². The Morgan fingerprint density at radius 2 is 1.63 bits per heavy atom. The van der Waals surface area contributed by atoms with Crippen LogP contribution < -0.4 is 14.5 Å². The Kier molecular flexibility index (Phi) is 4.47. The molecule has 1 atom stereocenters. The molecule has 0 amide bonds. The normalized spacial score (nSPS) is 22.4. The van der Waals surface area contributed by atoms with Crippen LogP contribution in [0.1, 0.15) is 72.6 Å². The van der Waals surface area contributed by atoms with Crippen LogP contribution in [0.15, 0.2) is 42.5 Å². The van der Waals surface area contributed by atoms with Gasteiger partial charge >= 0.3 is 5.97 Å². The third-order valence-corrected chi connectivity index (χ3v) is 7.89. The van der Waals surface area contributed by atoms with E-state index in [1.54, 1.807) is 0 Å². The maximum atomic E-state index is 13.3. The maximum absolute atomic E-state index is 13.3. The molecule has 2 saturated heterocycles. The molecular formula is C28H30N4O3. The van der Waals surface area contributed by atoms with Crippen molar-refractivity contribution in [2.45, 2.75) is 51.2 Å². The van der Waals surface area contributed by atoms with E-state index in [1.165, 1.54) is 12.8 Å². The van der Waals surface area contributed by atoms with Gasteiger partial charge in [-0.1, -0.05) is 18.2 Å². The third kappa shape index (κ3) is 2.84. The fraction of sp³-hybridized carbons (Fsp3) is 0.429. The highest BCUT2D eigenvalue weighted by atomic mass is 16.6. The smallest absolute Gasteiger partial charge is 0.340 e. The lowest BCUT2D eigenvalue weighted by Gasteiger charge is -2.36. The molecule has 5 heterocycles. The minimum atomic E-state index is -1.08. The zero-order valence-corrected chi connectivity index (χ0v) is 20.3. The Labute approximate surface area is 205 Å². The molecule has 180 valence electrons. The molecule has 1 unspecified atom stereocenters. The Bertz CT molecular complexity index is 1330. The molecule has 1 spiro atoms. The number of carbonyl (C=O) groups excluding carboxylic acids is 1. The zero-order chi connectivity index (χ0) is 23.7. The first-order valence-electron chi connectivity index (χ1n) is 12.9. The molecule has 0 saturated carbocycles. The SMILES string of the molecule is CC(C)n1nc(N2CCCC2)c2c1Oc1cc(N3CCCC3)ccc1C21OC(=O)c2ccccc21. The Hall–Kier alpha value is -3.48. The van der Waals surface area contributed by atoms with E-state index in [9.17, 15) is 4.79 Å². The van der Waals surface area contributed by atoms with E-state index in [0.717, 1.165) is 73.0 Å². The number of benzene rings is 2. The Morgan fingerprint density at radius 1 is 0.914 bits per heavy atom. The molecule has 2 aromatic carbocycles. The van der Waals surface area contributed by atoms with Gasteiger partial charge in [-0.25, -0.2) is 9.48 Å². The lowest BCUT2D eigenvalue weighted by molar-refractivity contribution is 0.0223. The molecule has 0 N–H and O–H groups in total. The van der Waals surface area contributed by atoms with Gasteiger partial charge in [-0.05, 0) is 57.7 Å². The number of nitrogens with zero attached hydrogens (tertiary/aromatic N) is 4. The first kappa shape index (κ1) is 20.9. The van der Waals surface area contributed by atoms with E-state index in [4.69, 9.17) is 14.6 Å². The van der Waals surface area contributed by atoms with Crippen molar-refractivity contribution >= 4 is 17.5 Å². The van der Waals surface area contributed by atoms with Crippen LogP contribution in [-0.4, -0.2) is 41.9 Å². The summed E-state index contributed by atoms with van der Waals surface area (Å²) in [6.07, 6.45) is 4.67. The summed E-state index contributed by atoms with van der Waals surface area (Å²) < 4.78 is 15.1. The molecular weight excluding hydrogens is 440 g/mol. The largest absolute Gasteiger partial charge is 0.440 e. The van der Waals surface area contributed by atoms with Gasteiger partial charge in [0.25, 0.3) is 0 Å². The van der Waals surface area contributed by atoms with E-state index in [-0.39, 0.29) is 12.0 Å². The van der Waals surface area contributed by atoms with Gasteiger partial charge in [0.15, 0.2) is 5.82 Å². The van der Waals surface area contributed by atoms with Gasteiger partial charge in [0.2, 0.25) is 11.5 Å². The third-order valence-electron chi connectivity index (χ3n) is 7.89. The zero-order valence-electron chi connectivity index (χ0n) is 20.3. The number of rotatable bonds is 3. The fourth-order valence-corrected chi connectivity index (χ4v) is 6.21. The van der Waals surface area contributed by atoms with Gasteiger partial charge in [0.05, 0.1) is 11.6 Å². The van der Waals surface area contributed by atoms with Crippen molar-refractivity contribution in [3.63, 3.8) is 0 Å². The number of ether oxygens (including phenoxy) is 2. The molecule has 3 aromatic rings. The number of hydrogen-bond donors (Lipinski definition) is 0. The summed E-state index contributed by atoms with van der Waals surface area (Å²) in [5.74, 6) is 1.98. The highest BCUT2D eigenvalue weighted by Crippen LogP contribution is 2.59. The average molecular weight is 471 g/mol. The lowest BCUT2D eigenvalue weighted by Crippen LogP contribution is -2.35. The highest BCUT2D eigenvalue weighted by Gasteiger charge is 2.57. The lowest BCUT2D eigenvalue weighted by atomic mass is 9.78. The first-order chi connectivity index (χ1) is 17.1. The summed E-state index contributed by atoms with van der Waals surface area (Å²) >= 11 is 0. The number of esters is 1. The van der Waals surface area contributed by atoms with Crippen molar-refractivity contribution in [1.29, 1.82) is 0 Å². The van der Waals surface area contributed by atoms with E-state index >= 15 is 0 Å². The van der Waals surface area contributed by atoms with Crippen LogP contribution in [0.25, 0.3) is 0 Å². The van der Waals surface area contributed by atoms with Crippen molar-refractivity contribution in [1.82, 2.24) is 9.78 Å². The summed E-state index contributed by atoms with van der Waals surface area (Å²) in [7, 11) is 0. The molecule has 1 aromatic heterocycles. The van der Waals surface area contributed by atoms with Gasteiger partial charge in [-0.3, -0.25) is 0 Å². The summed E-state index contributed by atoms with van der Waals surface area (Å²) in [4.78, 5) is 18.0. The van der Waals surface area contributed by atoms with Crippen LogP contribution in [0.3, 0.4) is 0 Å². The van der Waals surface area contributed by atoms with Gasteiger partial charge < -0.3 is 19.3 Å². The van der Waals surface area contributed by atoms with Gasteiger partial charge in [-0.15, -0.1) is 0 Å². The molecule has 2 fully saturated rings. The van der Waals surface area contributed by atoms with Crippen LogP contribution in [0.2, 0.25) is 0 Å². The van der Waals surface area contributed by atoms with E-state index < -0.39 is 5.60 Å². The monoisotopic (exact) mass is 470 g/mol. The maximum Gasteiger partial charge on any atom is 0.340 e. The quantitative estimate of drug-likeness (QED) is 0.489. The van der Waals surface area contributed by atoms with E-state index in [2.05, 4.69) is 41.8 Å². The summed E-state index contributed by atoms with van der Waals surface area (Å²) in [6, 6.07) is 14.2. The number of aromatic nitrogens is 2. The first-order valence-corrected chi connectivity index (χ1v) is 12.9. The van der Waals surface area contributed by atoms with Crippen molar-refractivity contribution in [3.8, 4) is 11.6 Å². The second-order valence-electron chi connectivity index (χ2n) is 10.3. The fourth-order valence-electron chi connectivity index (χ4n) is 6.21. The molecule has 0 aliphatic carbocycles. The molecule has 7 heteroatoms. The van der Waals surface area contributed by atoms with Crippen LogP contribution in [-0.2, 0) is 10.3 Å². The minimum absolute atomic E-state index is 0.0906. The molecule has 7 nitrogen and oxygen atoms in total. The summed E-state index contributed by atoms with van der Waals surface area (Å²) in [5, 5.41) is 5.09. The molecule has 35 heavy (non-hydrogen) atoms.